The van der Waals surface area contributed by atoms with Crippen molar-refractivity contribution in [1.29, 1.82) is 0 Å². The number of anilines is 1. The first-order valence-corrected chi connectivity index (χ1v) is 13.6. The molecule has 0 aromatic heterocycles. The summed E-state index contributed by atoms with van der Waals surface area (Å²) >= 11 is 0. The monoisotopic (exact) mass is 459 g/mol. The number of rotatable bonds is 6. The van der Waals surface area contributed by atoms with E-state index in [2.05, 4.69) is 75.9 Å². The van der Waals surface area contributed by atoms with E-state index in [1.807, 2.05) is 0 Å². The van der Waals surface area contributed by atoms with E-state index < -0.39 is 6.10 Å². The maximum atomic E-state index is 11.3. The van der Waals surface area contributed by atoms with Crippen molar-refractivity contribution < 1.29 is 5.11 Å². The largest absolute Gasteiger partial charge is 0.388 e. The number of benzene rings is 2. The third kappa shape index (κ3) is 5.95. The fourth-order valence-corrected chi connectivity index (χ4v) is 6.06. The van der Waals surface area contributed by atoms with Gasteiger partial charge in [-0.1, -0.05) is 75.1 Å². The summed E-state index contributed by atoms with van der Waals surface area (Å²) < 4.78 is 0. The summed E-state index contributed by atoms with van der Waals surface area (Å²) in [5.74, 6) is 1.25. The molecule has 184 valence electrons. The number of aryl methyl sites for hydroxylation is 2. The van der Waals surface area contributed by atoms with Gasteiger partial charge in [-0.3, -0.25) is 0 Å². The topological polar surface area (TPSA) is 23.5 Å². The van der Waals surface area contributed by atoms with E-state index in [-0.39, 0.29) is 0 Å². The van der Waals surface area contributed by atoms with Crippen molar-refractivity contribution >= 4 is 5.69 Å². The van der Waals surface area contributed by atoms with Crippen molar-refractivity contribution in [2.45, 2.75) is 105 Å². The summed E-state index contributed by atoms with van der Waals surface area (Å²) in [4.78, 5) is 2.56. The zero-order chi connectivity index (χ0) is 24.2. The number of hydrogen-bond acceptors (Lipinski definition) is 2. The number of aliphatic hydroxyl groups excluding tert-OH is 1. The van der Waals surface area contributed by atoms with Crippen LogP contribution < -0.4 is 4.90 Å². The highest BCUT2D eigenvalue weighted by atomic mass is 16.3. The predicted octanol–water partition coefficient (Wildman–Crippen LogP) is 8.41. The summed E-state index contributed by atoms with van der Waals surface area (Å²) in [7, 11) is 0. The highest BCUT2D eigenvalue weighted by Gasteiger charge is 2.21. The lowest BCUT2D eigenvalue weighted by Crippen LogP contribution is -2.29. The average Bonchev–Trinajstić information content (AvgIpc) is 3.03. The minimum Gasteiger partial charge on any atom is -0.388 e. The molecule has 2 heteroatoms. The van der Waals surface area contributed by atoms with Gasteiger partial charge < -0.3 is 10.0 Å². The Hall–Kier alpha value is -2.06. The normalized spacial score (nSPS) is 21.3. The van der Waals surface area contributed by atoms with Gasteiger partial charge in [-0.2, -0.15) is 0 Å². The second-order valence-electron chi connectivity index (χ2n) is 11.4. The first-order chi connectivity index (χ1) is 16.3. The van der Waals surface area contributed by atoms with Crippen LogP contribution >= 0.6 is 0 Å². The minimum atomic E-state index is -0.429. The number of allylic oxidation sites excluding steroid dienone is 1. The Morgan fingerprint density at radius 1 is 1.06 bits per heavy atom. The van der Waals surface area contributed by atoms with Gasteiger partial charge >= 0.3 is 0 Å². The molecule has 1 saturated carbocycles. The molecule has 1 fully saturated rings. The average molecular weight is 460 g/mol. The van der Waals surface area contributed by atoms with Crippen LogP contribution in [0.15, 0.2) is 47.5 Å². The molecular formula is C32H45NO. The molecule has 0 radical (unpaired) electrons. The molecule has 0 bridgehead atoms. The number of nitrogens with zero attached hydrogens (tertiary/aromatic N) is 1. The van der Waals surface area contributed by atoms with Gasteiger partial charge in [-0.15, -0.1) is 0 Å². The second-order valence-corrected chi connectivity index (χ2v) is 11.4. The third-order valence-corrected chi connectivity index (χ3v) is 8.11. The van der Waals surface area contributed by atoms with Crippen LogP contribution in [-0.2, 0) is 13.0 Å². The fourth-order valence-electron chi connectivity index (χ4n) is 6.06. The Morgan fingerprint density at radius 2 is 1.88 bits per heavy atom. The Bertz CT molecular complexity index is 1020. The lowest BCUT2D eigenvalue weighted by Gasteiger charge is -2.33. The lowest BCUT2D eigenvalue weighted by atomic mass is 9.89. The van der Waals surface area contributed by atoms with Gasteiger partial charge in [0.1, 0.15) is 0 Å². The molecular weight excluding hydrogens is 414 g/mol. The Morgan fingerprint density at radius 3 is 2.68 bits per heavy atom. The standard InChI is InChI=1S/C32H45NO/c1-22(2)30-15-14-28(32(34)19-25(5)27-10-7-6-9-23(3)17-27)20-29(30)21-33-16-8-11-26-13-12-24(4)18-31(26)33/h12-15,18,20,22-23,32,34H,6-11,16-17,19,21H2,1-5H3/b27-25+. The Kier molecular flexibility index (Phi) is 8.19. The second kappa shape index (κ2) is 11.1. The van der Waals surface area contributed by atoms with Crippen LogP contribution in [0.3, 0.4) is 0 Å². The van der Waals surface area contributed by atoms with E-state index in [4.69, 9.17) is 0 Å². The molecule has 34 heavy (non-hydrogen) atoms. The summed E-state index contributed by atoms with van der Waals surface area (Å²) in [6.07, 6.45) is 9.14. The summed E-state index contributed by atoms with van der Waals surface area (Å²) in [6.45, 7) is 13.4. The highest BCUT2D eigenvalue weighted by molar-refractivity contribution is 5.58. The van der Waals surface area contributed by atoms with Crippen LogP contribution in [0.1, 0.15) is 112 Å². The van der Waals surface area contributed by atoms with Gasteiger partial charge in [0.2, 0.25) is 0 Å². The molecule has 0 amide bonds. The molecule has 2 atom stereocenters. The smallest absolute Gasteiger partial charge is 0.0827 e. The van der Waals surface area contributed by atoms with Crippen molar-refractivity contribution in [3.8, 4) is 0 Å². The molecule has 1 heterocycles. The number of aliphatic hydroxyl groups is 1. The molecule has 2 aromatic rings. The van der Waals surface area contributed by atoms with Crippen molar-refractivity contribution in [3.05, 3.63) is 75.4 Å². The minimum absolute atomic E-state index is 0.429. The molecule has 2 unspecified atom stereocenters. The molecule has 0 saturated heterocycles. The van der Waals surface area contributed by atoms with E-state index in [0.717, 1.165) is 31.0 Å². The molecule has 1 aliphatic heterocycles. The maximum absolute atomic E-state index is 11.3. The highest BCUT2D eigenvalue weighted by Crippen LogP contribution is 2.35. The van der Waals surface area contributed by atoms with E-state index in [1.54, 1.807) is 5.57 Å². The zero-order valence-corrected chi connectivity index (χ0v) is 22.2. The van der Waals surface area contributed by atoms with Crippen molar-refractivity contribution in [2.75, 3.05) is 11.4 Å². The van der Waals surface area contributed by atoms with Crippen molar-refractivity contribution in [2.24, 2.45) is 5.92 Å². The van der Waals surface area contributed by atoms with Crippen molar-refractivity contribution in [3.63, 3.8) is 0 Å². The van der Waals surface area contributed by atoms with Gasteiger partial charge in [0.05, 0.1) is 6.10 Å². The molecule has 2 aliphatic rings. The summed E-state index contributed by atoms with van der Waals surface area (Å²) in [5.41, 5.74) is 11.1. The third-order valence-electron chi connectivity index (χ3n) is 8.11. The number of hydrogen-bond donors (Lipinski definition) is 1. The van der Waals surface area contributed by atoms with E-state index in [0.29, 0.717) is 5.92 Å². The molecule has 1 N–H and O–H groups in total. The Labute approximate surface area is 208 Å². The Balaban J connectivity index is 1.57. The van der Waals surface area contributed by atoms with Crippen LogP contribution in [-0.4, -0.2) is 11.7 Å². The van der Waals surface area contributed by atoms with Gasteiger partial charge in [0, 0.05) is 18.8 Å². The fraction of sp³-hybridized carbons (Fsp3) is 0.562. The van der Waals surface area contributed by atoms with Crippen LogP contribution in [0.5, 0.6) is 0 Å². The first kappa shape index (κ1) is 25.0. The maximum Gasteiger partial charge on any atom is 0.0827 e. The SMILES string of the molecule is C/C(CC(O)c1ccc(C(C)C)c(CN2CCCc3ccc(C)cc32)c1)=C1/CCCCC(C)C1. The van der Waals surface area contributed by atoms with Crippen LogP contribution in [0.4, 0.5) is 5.69 Å². The first-order valence-electron chi connectivity index (χ1n) is 13.6. The van der Waals surface area contributed by atoms with Crippen LogP contribution in [0, 0.1) is 12.8 Å². The quantitative estimate of drug-likeness (QED) is 0.346. The predicted molar refractivity (Wildman–Crippen MR) is 146 cm³/mol. The zero-order valence-electron chi connectivity index (χ0n) is 22.2. The van der Waals surface area contributed by atoms with Gasteiger partial charge in [-0.05, 0) is 98.1 Å². The van der Waals surface area contributed by atoms with Gasteiger partial charge in [0.15, 0.2) is 0 Å². The van der Waals surface area contributed by atoms with Crippen LogP contribution in [0.25, 0.3) is 0 Å². The van der Waals surface area contributed by atoms with Crippen LogP contribution in [0.2, 0.25) is 0 Å². The van der Waals surface area contributed by atoms with E-state index in [1.165, 1.54) is 78.5 Å². The van der Waals surface area contributed by atoms with E-state index >= 15 is 0 Å². The van der Waals surface area contributed by atoms with Crippen molar-refractivity contribution in [1.82, 2.24) is 0 Å². The number of fused-ring (bicyclic) bond motifs is 1. The molecule has 2 aromatic carbocycles. The van der Waals surface area contributed by atoms with Gasteiger partial charge in [0.25, 0.3) is 0 Å². The summed E-state index contributed by atoms with van der Waals surface area (Å²) in [5, 5.41) is 11.3. The van der Waals surface area contributed by atoms with Gasteiger partial charge in [-0.25, -0.2) is 0 Å². The molecule has 4 rings (SSSR count). The molecule has 1 aliphatic carbocycles. The van der Waals surface area contributed by atoms with E-state index in [9.17, 15) is 5.11 Å². The summed E-state index contributed by atoms with van der Waals surface area (Å²) in [6, 6.07) is 13.7. The molecule has 2 nitrogen and oxygen atoms in total. The lowest BCUT2D eigenvalue weighted by molar-refractivity contribution is 0.177. The molecule has 0 spiro atoms.